The van der Waals surface area contributed by atoms with Gasteiger partial charge >= 0.3 is 5.97 Å². The number of allylic oxidation sites excluding steroid dienone is 1. The molecule has 0 spiro atoms. The first-order chi connectivity index (χ1) is 11.3. The molecule has 1 aromatic rings. The molecule has 0 amide bonds. The highest BCUT2D eigenvalue weighted by Gasteiger charge is 2.31. The topological polar surface area (TPSA) is 77.8 Å². The summed E-state index contributed by atoms with van der Waals surface area (Å²) in [6.45, 7) is 6.29. The van der Waals surface area contributed by atoms with Crippen LogP contribution in [0.4, 0.5) is 0 Å². The molecule has 0 heterocycles. The summed E-state index contributed by atoms with van der Waals surface area (Å²) in [6.07, 6.45) is 5.97. The number of aliphatic hydroxyl groups excluding tert-OH is 1. The van der Waals surface area contributed by atoms with Crippen molar-refractivity contribution >= 4 is 5.97 Å². The molecule has 1 aliphatic carbocycles. The maximum Gasteiger partial charge on any atom is 0.335 e. The summed E-state index contributed by atoms with van der Waals surface area (Å²) < 4.78 is 0. The zero-order valence-electron chi connectivity index (χ0n) is 14.7. The lowest BCUT2D eigenvalue weighted by atomic mass is 9.71. The highest BCUT2D eigenvalue weighted by atomic mass is 16.4. The van der Waals surface area contributed by atoms with Crippen LogP contribution in [0.2, 0.25) is 0 Å². The summed E-state index contributed by atoms with van der Waals surface area (Å²) in [5, 5.41) is 28.7. The Kier molecular flexibility index (Phi) is 6.05. The molecule has 0 fully saturated rings. The van der Waals surface area contributed by atoms with E-state index in [9.17, 15) is 15.0 Å². The zero-order valence-corrected chi connectivity index (χ0v) is 14.7. The minimum absolute atomic E-state index is 0.0913. The molecular weight excluding hydrogens is 304 g/mol. The first-order valence-corrected chi connectivity index (χ1v) is 8.71. The van der Waals surface area contributed by atoms with Crippen LogP contribution < -0.4 is 0 Å². The summed E-state index contributed by atoms with van der Waals surface area (Å²) in [4.78, 5) is 11.3. The van der Waals surface area contributed by atoms with E-state index in [1.54, 1.807) is 6.07 Å². The molecule has 3 N–H and O–H groups in total. The van der Waals surface area contributed by atoms with Crippen LogP contribution in [0.5, 0.6) is 5.75 Å². The first-order valence-electron chi connectivity index (χ1n) is 8.71. The van der Waals surface area contributed by atoms with Gasteiger partial charge in [-0.1, -0.05) is 25.5 Å². The van der Waals surface area contributed by atoms with Gasteiger partial charge in [0.05, 0.1) is 12.2 Å². The van der Waals surface area contributed by atoms with Crippen molar-refractivity contribution in [2.45, 2.75) is 58.3 Å². The molecule has 0 unspecified atom stereocenters. The van der Waals surface area contributed by atoms with E-state index < -0.39 is 5.97 Å². The number of phenols is 1. The number of rotatable bonds is 6. The number of phenolic OH excluding ortho intramolecular Hbond substituents is 1. The largest absolute Gasteiger partial charge is 0.508 e. The Hall–Kier alpha value is -1.81. The second-order valence-electron chi connectivity index (χ2n) is 7.15. The van der Waals surface area contributed by atoms with E-state index in [2.05, 4.69) is 19.9 Å². The van der Waals surface area contributed by atoms with Crippen molar-refractivity contribution in [3.05, 3.63) is 40.5 Å². The summed E-state index contributed by atoms with van der Waals surface area (Å²) in [5.74, 6) is 0.0269. The molecule has 3 atom stereocenters. The predicted octanol–water partition coefficient (Wildman–Crippen LogP) is 4.43. The van der Waals surface area contributed by atoms with Crippen molar-refractivity contribution in [1.29, 1.82) is 0 Å². The SMILES string of the molecule is CC(=CCC[C@H](C)[C@@H]1CC[C@@H](C)c2c(O)cc(C(=O)O)cc21)CO. The number of carboxylic acid groups (broad SMARTS) is 1. The number of benzene rings is 1. The smallest absolute Gasteiger partial charge is 0.335 e. The maximum absolute atomic E-state index is 11.3. The van der Waals surface area contributed by atoms with Crippen LogP contribution in [0.25, 0.3) is 0 Å². The molecule has 24 heavy (non-hydrogen) atoms. The fourth-order valence-electron chi connectivity index (χ4n) is 3.81. The summed E-state index contributed by atoms with van der Waals surface area (Å²) >= 11 is 0. The van der Waals surface area contributed by atoms with Gasteiger partial charge in [-0.3, -0.25) is 0 Å². The molecule has 1 aliphatic rings. The number of fused-ring (bicyclic) bond motifs is 1. The minimum atomic E-state index is -1.00. The van der Waals surface area contributed by atoms with E-state index in [1.165, 1.54) is 6.07 Å². The van der Waals surface area contributed by atoms with Crippen LogP contribution in [-0.2, 0) is 0 Å². The fraction of sp³-hybridized carbons (Fsp3) is 0.550. The molecule has 0 bridgehead atoms. The van der Waals surface area contributed by atoms with Gasteiger partial charge in [0.15, 0.2) is 0 Å². The van der Waals surface area contributed by atoms with Gasteiger partial charge in [-0.25, -0.2) is 4.79 Å². The van der Waals surface area contributed by atoms with Crippen molar-refractivity contribution in [2.75, 3.05) is 6.61 Å². The summed E-state index contributed by atoms with van der Waals surface area (Å²) in [6, 6.07) is 3.13. The van der Waals surface area contributed by atoms with Crippen molar-refractivity contribution in [2.24, 2.45) is 5.92 Å². The third-order valence-electron chi connectivity index (χ3n) is 5.29. The van der Waals surface area contributed by atoms with Gasteiger partial charge in [0, 0.05) is 5.56 Å². The lowest BCUT2D eigenvalue weighted by Crippen LogP contribution is -2.19. The zero-order chi connectivity index (χ0) is 17.9. The quantitative estimate of drug-likeness (QED) is 0.674. The Morgan fingerprint density at radius 2 is 2.08 bits per heavy atom. The van der Waals surface area contributed by atoms with Gasteiger partial charge in [-0.15, -0.1) is 0 Å². The van der Waals surface area contributed by atoms with Gasteiger partial charge in [0.1, 0.15) is 5.75 Å². The number of aromatic hydroxyl groups is 1. The van der Waals surface area contributed by atoms with E-state index in [0.717, 1.165) is 42.4 Å². The maximum atomic E-state index is 11.3. The molecule has 0 aromatic heterocycles. The number of aromatic carboxylic acids is 1. The Labute approximate surface area is 143 Å². The Morgan fingerprint density at radius 1 is 1.38 bits per heavy atom. The second-order valence-corrected chi connectivity index (χ2v) is 7.15. The molecule has 4 nitrogen and oxygen atoms in total. The van der Waals surface area contributed by atoms with Crippen molar-refractivity contribution in [3.8, 4) is 5.75 Å². The fourth-order valence-corrected chi connectivity index (χ4v) is 3.81. The van der Waals surface area contributed by atoms with Gasteiger partial charge in [0.2, 0.25) is 0 Å². The number of hydrogen-bond acceptors (Lipinski definition) is 3. The lowest BCUT2D eigenvalue weighted by molar-refractivity contribution is 0.0696. The molecular formula is C20H28O4. The van der Waals surface area contributed by atoms with Crippen LogP contribution in [0.1, 0.15) is 79.8 Å². The molecule has 0 aliphatic heterocycles. The van der Waals surface area contributed by atoms with E-state index in [-0.39, 0.29) is 29.8 Å². The van der Waals surface area contributed by atoms with Crippen molar-refractivity contribution < 1.29 is 20.1 Å². The van der Waals surface area contributed by atoms with Crippen LogP contribution in [0.15, 0.2) is 23.8 Å². The first kappa shape index (κ1) is 18.5. The molecule has 1 aromatic carbocycles. The third kappa shape index (κ3) is 3.99. The van der Waals surface area contributed by atoms with Gasteiger partial charge < -0.3 is 15.3 Å². The highest BCUT2D eigenvalue weighted by molar-refractivity contribution is 5.88. The van der Waals surface area contributed by atoms with Crippen molar-refractivity contribution in [3.63, 3.8) is 0 Å². The highest BCUT2D eigenvalue weighted by Crippen LogP contribution is 2.47. The number of carboxylic acids is 1. The third-order valence-corrected chi connectivity index (χ3v) is 5.29. The van der Waals surface area contributed by atoms with Crippen LogP contribution in [-0.4, -0.2) is 27.9 Å². The second kappa shape index (κ2) is 7.84. The van der Waals surface area contributed by atoms with E-state index in [1.807, 2.05) is 6.92 Å². The molecule has 4 heteroatoms. The van der Waals surface area contributed by atoms with Gasteiger partial charge in [0.25, 0.3) is 0 Å². The van der Waals surface area contributed by atoms with Crippen LogP contribution in [0.3, 0.4) is 0 Å². The number of carbonyl (C=O) groups is 1. The predicted molar refractivity (Wildman–Crippen MR) is 94.7 cm³/mol. The standard InChI is InChI=1S/C20H28O4/c1-12(11-21)5-4-6-13(2)16-8-7-14(3)19-17(16)9-15(20(23)24)10-18(19)22/h5,9-10,13-14,16,21-22H,4,6-8,11H2,1-3H3,(H,23,24)/t13-,14+,16-/m0/s1. The number of aliphatic hydroxyl groups is 1. The Bertz CT molecular complexity index is 633. The lowest BCUT2D eigenvalue weighted by Gasteiger charge is -2.34. The number of hydrogen-bond donors (Lipinski definition) is 3. The summed E-state index contributed by atoms with van der Waals surface area (Å²) in [7, 11) is 0. The average molecular weight is 332 g/mol. The molecule has 132 valence electrons. The Balaban J connectivity index is 2.28. The van der Waals surface area contributed by atoms with Crippen LogP contribution >= 0.6 is 0 Å². The molecule has 0 radical (unpaired) electrons. The molecule has 0 saturated carbocycles. The van der Waals surface area contributed by atoms with Crippen molar-refractivity contribution in [1.82, 2.24) is 0 Å². The average Bonchev–Trinajstić information content (AvgIpc) is 2.54. The van der Waals surface area contributed by atoms with E-state index >= 15 is 0 Å². The summed E-state index contributed by atoms with van der Waals surface area (Å²) in [5.41, 5.74) is 3.06. The molecule has 2 rings (SSSR count). The minimum Gasteiger partial charge on any atom is -0.508 e. The van der Waals surface area contributed by atoms with Crippen LogP contribution in [0, 0.1) is 5.92 Å². The normalized spacial score (nSPS) is 22.1. The Morgan fingerprint density at radius 3 is 2.71 bits per heavy atom. The molecule has 0 saturated heterocycles. The van der Waals surface area contributed by atoms with E-state index in [4.69, 9.17) is 5.11 Å². The monoisotopic (exact) mass is 332 g/mol. The van der Waals surface area contributed by atoms with Gasteiger partial charge in [-0.05, 0) is 68.1 Å². The van der Waals surface area contributed by atoms with Gasteiger partial charge in [-0.2, -0.15) is 0 Å². The van der Waals surface area contributed by atoms with E-state index in [0.29, 0.717) is 5.92 Å².